The molecule has 0 fully saturated rings. The van der Waals surface area contributed by atoms with E-state index in [1.807, 2.05) is 12.1 Å². The van der Waals surface area contributed by atoms with Crippen molar-refractivity contribution in [3.8, 4) is 0 Å². The van der Waals surface area contributed by atoms with Gasteiger partial charge in [-0.1, -0.05) is 25.8 Å². The van der Waals surface area contributed by atoms with Gasteiger partial charge in [-0.3, -0.25) is 4.79 Å². The van der Waals surface area contributed by atoms with Crippen molar-refractivity contribution < 1.29 is 14.7 Å². The van der Waals surface area contributed by atoms with E-state index >= 15 is 0 Å². The van der Waals surface area contributed by atoms with Crippen LogP contribution in [0.3, 0.4) is 0 Å². The van der Waals surface area contributed by atoms with Crippen LogP contribution in [0.5, 0.6) is 0 Å². The zero-order valence-electron chi connectivity index (χ0n) is 13.8. The van der Waals surface area contributed by atoms with Crippen LogP contribution in [0.2, 0.25) is 0 Å². The third-order valence-electron chi connectivity index (χ3n) is 4.20. The van der Waals surface area contributed by atoms with E-state index in [0.29, 0.717) is 25.2 Å². The molecule has 1 aliphatic rings. The van der Waals surface area contributed by atoms with Crippen LogP contribution in [0.1, 0.15) is 54.9 Å². The van der Waals surface area contributed by atoms with Crippen molar-refractivity contribution in [3.05, 3.63) is 29.3 Å². The molecule has 1 aromatic rings. The van der Waals surface area contributed by atoms with E-state index in [1.165, 1.54) is 0 Å². The summed E-state index contributed by atoms with van der Waals surface area (Å²) in [7, 11) is 0. The third kappa shape index (κ3) is 4.79. The standard InChI is InChI=1S/C18H26N2O3/c1-2-3-4-10-20(11-12-21)18(23)19-15-9-8-14-6-5-7-17(22)16(14)13-15/h8-9,13,21H,2-7,10-12H2,1H3,(H,19,23). The summed E-state index contributed by atoms with van der Waals surface area (Å²) in [4.78, 5) is 26.0. The van der Waals surface area contributed by atoms with Crippen molar-refractivity contribution in [2.75, 3.05) is 25.0 Å². The maximum atomic E-state index is 12.4. The summed E-state index contributed by atoms with van der Waals surface area (Å²) in [5.74, 6) is 0.150. The minimum atomic E-state index is -0.224. The number of nitrogens with zero attached hydrogens (tertiary/aromatic N) is 1. The van der Waals surface area contributed by atoms with Crippen molar-refractivity contribution in [2.45, 2.75) is 45.4 Å². The van der Waals surface area contributed by atoms with Gasteiger partial charge in [-0.05, 0) is 37.0 Å². The summed E-state index contributed by atoms with van der Waals surface area (Å²) in [6.45, 7) is 3.01. The van der Waals surface area contributed by atoms with Gasteiger partial charge < -0.3 is 15.3 Å². The molecule has 0 saturated carbocycles. The summed E-state index contributed by atoms with van der Waals surface area (Å²) in [6.07, 6.45) is 5.47. The van der Waals surface area contributed by atoms with Crippen LogP contribution < -0.4 is 5.32 Å². The number of anilines is 1. The number of hydrogen-bond acceptors (Lipinski definition) is 3. The molecule has 5 heteroatoms. The fourth-order valence-electron chi connectivity index (χ4n) is 2.90. The first-order valence-electron chi connectivity index (χ1n) is 8.48. The molecule has 0 heterocycles. The maximum absolute atomic E-state index is 12.4. The first kappa shape index (κ1) is 17.5. The minimum absolute atomic E-state index is 0.0534. The smallest absolute Gasteiger partial charge is 0.321 e. The minimum Gasteiger partial charge on any atom is -0.395 e. The average Bonchev–Trinajstić information content (AvgIpc) is 2.55. The Kier molecular flexibility index (Phi) is 6.59. The van der Waals surface area contributed by atoms with E-state index in [1.54, 1.807) is 11.0 Å². The van der Waals surface area contributed by atoms with Gasteiger partial charge in [0.1, 0.15) is 0 Å². The summed E-state index contributed by atoms with van der Waals surface area (Å²) >= 11 is 0. The summed E-state index contributed by atoms with van der Waals surface area (Å²) in [5, 5.41) is 12.0. The van der Waals surface area contributed by atoms with Crippen LogP contribution in [-0.2, 0) is 6.42 Å². The van der Waals surface area contributed by atoms with Crippen molar-refractivity contribution in [1.29, 1.82) is 0 Å². The van der Waals surface area contributed by atoms with Gasteiger partial charge in [0, 0.05) is 30.8 Å². The molecule has 23 heavy (non-hydrogen) atoms. The van der Waals surface area contributed by atoms with Gasteiger partial charge in [-0.15, -0.1) is 0 Å². The van der Waals surface area contributed by atoms with Crippen LogP contribution in [-0.4, -0.2) is 41.5 Å². The lowest BCUT2D eigenvalue weighted by molar-refractivity contribution is 0.0972. The monoisotopic (exact) mass is 318 g/mol. The van der Waals surface area contributed by atoms with Crippen LogP contribution in [0, 0.1) is 0 Å². The Morgan fingerprint density at radius 3 is 2.83 bits per heavy atom. The normalized spacial score (nSPS) is 13.6. The first-order valence-corrected chi connectivity index (χ1v) is 8.48. The van der Waals surface area contributed by atoms with E-state index in [-0.39, 0.29) is 18.4 Å². The Hall–Kier alpha value is -1.88. The quantitative estimate of drug-likeness (QED) is 0.758. The molecule has 0 atom stereocenters. The largest absolute Gasteiger partial charge is 0.395 e. The number of aliphatic hydroxyl groups is 1. The maximum Gasteiger partial charge on any atom is 0.321 e. The van der Waals surface area contributed by atoms with Gasteiger partial charge in [0.2, 0.25) is 0 Å². The predicted molar refractivity (Wildman–Crippen MR) is 90.9 cm³/mol. The van der Waals surface area contributed by atoms with Gasteiger partial charge in [-0.2, -0.15) is 0 Å². The van der Waals surface area contributed by atoms with Crippen molar-refractivity contribution in [3.63, 3.8) is 0 Å². The van der Waals surface area contributed by atoms with Crippen LogP contribution in [0.25, 0.3) is 0 Å². The Morgan fingerprint density at radius 2 is 2.09 bits per heavy atom. The highest BCUT2D eigenvalue weighted by atomic mass is 16.3. The van der Waals surface area contributed by atoms with E-state index in [9.17, 15) is 9.59 Å². The topological polar surface area (TPSA) is 69.6 Å². The van der Waals surface area contributed by atoms with E-state index < -0.39 is 0 Å². The van der Waals surface area contributed by atoms with Crippen LogP contribution in [0.4, 0.5) is 10.5 Å². The van der Waals surface area contributed by atoms with Gasteiger partial charge >= 0.3 is 6.03 Å². The third-order valence-corrected chi connectivity index (χ3v) is 4.20. The van der Waals surface area contributed by atoms with E-state index in [2.05, 4.69) is 12.2 Å². The number of benzene rings is 1. The molecule has 0 saturated heterocycles. The number of fused-ring (bicyclic) bond motifs is 1. The fourth-order valence-corrected chi connectivity index (χ4v) is 2.90. The second kappa shape index (κ2) is 8.67. The first-order chi connectivity index (χ1) is 11.2. The van der Waals surface area contributed by atoms with Gasteiger partial charge in [0.05, 0.1) is 6.61 Å². The second-order valence-electron chi connectivity index (χ2n) is 6.00. The molecule has 0 spiro atoms. The number of rotatable bonds is 7. The number of nitrogens with one attached hydrogen (secondary N) is 1. The Balaban J connectivity index is 2.02. The van der Waals surface area contributed by atoms with E-state index in [0.717, 1.165) is 43.2 Å². The number of aliphatic hydroxyl groups excluding tert-OH is 1. The van der Waals surface area contributed by atoms with Crippen LogP contribution in [0.15, 0.2) is 18.2 Å². The molecule has 0 bridgehead atoms. The fraction of sp³-hybridized carbons (Fsp3) is 0.556. The molecule has 0 aromatic heterocycles. The molecule has 1 aromatic carbocycles. The molecule has 2 rings (SSSR count). The lowest BCUT2D eigenvalue weighted by Gasteiger charge is -2.23. The number of unbranched alkanes of at least 4 members (excludes halogenated alkanes) is 2. The summed E-state index contributed by atoms with van der Waals surface area (Å²) < 4.78 is 0. The highest BCUT2D eigenvalue weighted by Crippen LogP contribution is 2.24. The number of ketones is 1. The number of urea groups is 1. The predicted octanol–water partition coefficient (Wildman–Crippen LogP) is 3.22. The van der Waals surface area contributed by atoms with E-state index in [4.69, 9.17) is 5.11 Å². The lowest BCUT2D eigenvalue weighted by Crippen LogP contribution is -2.37. The number of aryl methyl sites for hydroxylation is 1. The number of carbonyl (C=O) groups excluding carboxylic acids is 2. The Bertz CT molecular complexity index is 557. The number of amides is 2. The lowest BCUT2D eigenvalue weighted by atomic mass is 9.90. The molecule has 5 nitrogen and oxygen atoms in total. The molecule has 126 valence electrons. The van der Waals surface area contributed by atoms with Crippen LogP contribution >= 0.6 is 0 Å². The number of hydrogen-bond donors (Lipinski definition) is 2. The molecular formula is C18H26N2O3. The average molecular weight is 318 g/mol. The molecule has 0 aliphatic heterocycles. The molecule has 1 aliphatic carbocycles. The highest BCUT2D eigenvalue weighted by Gasteiger charge is 2.18. The molecular weight excluding hydrogens is 292 g/mol. The summed E-state index contributed by atoms with van der Waals surface area (Å²) in [5.41, 5.74) is 2.44. The second-order valence-corrected chi connectivity index (χ2v) is 6.00. The molecule has 0 unspecified atom stereocenters. The Morgan fingerprint density at radius 1 is 1.26 bits per heavy atom. The molecule has 2 N–H and O–H groups in total. The number of Topliss-reactive ketones (excluding diaryl/α,β-unsaturated/α-hetero) is 1. The number of carbonyl (C=O) groups is 2. The SMILES string of the molecule is CCCCCN(CCO)C(=O)Nc1ccc2c(c1)C(=O)CCC2. The van der Waals surface area contributed by atoms with Gasteiger partial charge in [-0.25, -0.2) is 4.79 Å². The highest BCUT2D eigenvalue weighted by molar-refractivity contribution is 6.00. The zero-order chi connectivity index (χ0) is 16.7. The zero-order valence-corrected chi connectivity index (χ0v) is 13.8. The van der Waals surface area contributed by atoms with Gasteiger partial charge in [0.15, 0.2) is 5.78 Å². The van der Waals surface area contributed by atoms with Crippen molar-refractivity contribution in [2.24, 2.45) is 0 Å². The van der Waals surface area contributed by atoms with Crippen molar-refractivity contribution in [1.82, 2.24) is 4.90 Å². The molecule has 0 radical (unpaired) electrons. The molecule has 2 amide bonds. The summed E-state index contributed by atoms with van der Waals surface area (Å²) in [6, 6.07) is 5.32. The van der Waals surface area contributed by atoms with Crippen molar-refractivity contribution >= 4 is 17.5 Å². The Labute approximate surface area is 137 Å². The van der Waals surface area contributed by atoms with Gasteiger partial charge in [0.25, 0.3) is 0 Å².